The lowest BCUT2D eigenvalue weighted by atomic mass is 9.95. The Labute approximate surface area is 132 Å². The van der Waals surface area contributed by atoms with Crippen LogP contribution < -0.4 is 10.2 Å². The van der Waals surface area contributed by atoms with E-state index in [2.05, 4.69) is 12.2 Å². The molecule has 4 nitrogen and oxygen atoms in total. The van der Waals surface area contributed by atoms with Crippen molar-refractivity contribution in [3.63, 3.8) is 0 Å². The van der Waals surface area contributed by atoms with Gasteiger partial charge in [0.2, 0.25) is 11.8 Å². The number of rotatable bonds is 4. The summed E-state index contributed by atoms with van der Waals surface area (Å²) in [5, 5.41) is 2.96. The average Bonchev–Trinajstić information content (AvgIpc) is 2.45. The number of aryl methyl sites for hydroxylation is 1. The molecule has 0 saturated heterocycles. The summed E-state index contributed by atoms with van der Waals surface area (Å²) in [5.74, 6) is 0.203. The number of fused-ring (bicyclic) bond motifs is 1. The van der Waals surface area contributed by atoms with Crippen molar-refractivity contribution in [2.45, 2.75) is 53.4 Å². The first-order valence-electron chi connectivity index (χ1n) is 8.07. The highest BCUT2D eigenvalue weighted by atomic mass is 16.2. The summed E-state index contributed by atoms with van der Waals surface area (Å²) in [6, 6.07) is 5.85. The van der Waals surface area contributed by atoms with Gasteiger partial charge < -0.3 is 10.2 Å². The van der Waals surface area contributed by atoms with Crippen molar-refractivity contribution in [3.8, 4) is 0 Å². The molecule has 1 aliphatic rings. The van der Waals surface area contributed by atoms with Crippen LogP contribution in [0.4, 0.5) is 11.4 Å². The Bertz CT molecular complexity index is 573. The molecule has 0 bridgehead atoms. The minimum absolute atomic E-state index is 0.00201. The number of hydrogen-bond acceptors (Lipinski definition) is 2. The lowest BCUT2D eigenvalue weighted by molar-refractivity contribution is -0.123. The minimum Gasteiger partial charge on any atom is -0.326 e. The molecular weight excluding hydrogens is 276 g/mol. The Balaban J connectivity index is 2.21. The second-order valence-corrected chi connectivity index (χ2v) is 6.95. The maximum atomic E-state index is 12.1. The van der Waals surface area contributed by atoms with Crippen LogP contribution in [0.1, 0.15) is 52.5 Å². The number of hydrogen-bond donors (Lipinski definition) is 1. The number of nitrogens with one attached hydrogen (secondary N) is 1. The fourth-order valence-electron chi connectivity index (χ4n) is 2.52. The molecule has 0 unspecified atom stereocenters. The smallest absolute Gasteiger partial charge is 0.229 e. The molecule has 0 spiro atoms. The lowest BCUT2D eigenvalue weighted by Crippen LogP contribution is -2.36. The monoisotopic (exact) mass is 302 g/mol. The number of nitrogens with zero attached hydrogens (tertiary/aromatic N) is 1. The fraction of sp³-hybridized carbons (Fsp3) is 0.556. The van der Waals surface area contributed by atoms with Crippen molar-refractivity contribution in [3.05, 3.63) is 23.8 Å². The second kappa shape index (κ2) is 6.51. The zero-order chi connectivity index (χ0) is 16.3. The molecule has 0 saturated carbocycles. The Hall–Kier alpha value is -1.84. The molecule has 0 atom stereocenters. The first-order valence-corrected chi connectivity index (χ1v) is 8.07. The van der Waals surface area contributed by atoms with Crippen LogP contribution in [0.15, 0.2) is 18.2 Å². The van der Waals surface area contributed by atoms with Gasteiger partial charge in [0.1, 0.15) is 0 Å². The maximum Gasteiger partial charge on any atom is 0.229 e. The van der Waals surface area contributed by atoms with Gasteiger partial charge >= 0.3 is 0 Å². The Morgan fingerprint density at radius 1 is 1.27 bits per heavy atom. The highest BCUT2D eigenvalue weighted by molar-refractivity contribution is 5.98. The molecule has 120 valence electrons. The third kappa shape index (κ3) is 3.67. The van der Waals surface area contributed by atoms with E-state index in [1.165, 1.54) is 0 Å². The van der Waals surface area contributed by atoms with Crippen LogP contribution in [-0.2, 0) is 16.0 Å². The minimum atomic E-state index is -0.418. The van der Waals surface area contributed by atoms with Crippen LogP contribution in [0, 0.1) is 5.41 Å². The van der Waals surface area contributed by atoms with Crippen LogP contribution in [-0.4, -0.2) is 18.4 Å². The number of carbonyl (C=O) groups excluding carboxylic acids is 2. The summed E-state index contributed by atoms with van der Waals surface area (Å²) in [6.07, 6.45) is 3.37. The van der Waals surface area contributed by atoms with E-state index < -0.39 is 5.41 Å². The molecule has 1 aliphatic heterocycles. The number of unbranched alkanes of at least 4 members (excludes halogenated alkanes) is 1. The van der Waals surface area contributed by atoms with Gasteiger partial charge in [0, 0.05) is 29.8 Å². The van der Waals surface area contributed by atoms with E-state index in [0.29, 0.717) is 6.42 Å². The number of anilines is 2. The molecule has 1 N–H and O–H groups in total. The summed E-state index contributed by atoms with van der Waals surface area (Å²) in [5.41, 5.74) is 2.53. The Morgan fingerprint density at radius 2 is 2.00 bits per heavy atom. The van der Waals surface area contributed by atoms with Crippen molar-refractivity contribution < 1.29 is 9.59 Å². The summed E-state index contributed by atoms with van der Waals surface area (Å²) < 4.78 is 0. The van der Waals surface area contributed by atoms with Gasteiger partial charge in [-0.15, -0.1) is 0 Å². The van der Waals surface area contributed by atoms with Crippen molar-refractivity contribution in [1.29, 1.82) is 0 Å². The predicted molar refractivity (Wildman–Crippen MR) is 90.1 cm³/mol. The largest absolute Gasteiger partial charge is 0.326 e. The molecule has 0 aromatic heterocycles. The molecule has 0 aliphatic carbocycles. The first-order chi connectivity index (χ1) is 10.3. The zero-order valence-electron chi connectivity index (χ0n) is 14.0. The summed E-state index contributed by atoms with van der Waals surface area (Å²) in [6.45, 7) is 8.58. The van der Waals surface area contributed by atoms with E-state index in [1.807, 2.05) is 43.9 Å². The Morgan fingerprint density at radius 3 is 2.64 bits per heavy atom. The molecule has 4 heteroatoms. The highest BCUT2D eigenvalue weighted by Crippen LogP contribution is 2.31. The quantitative estimate of drug-likeness (QED) is 0.921. The molecule has 22 heavy (non-hydrogen) atoms. The van der Waals surface area contributed by atoms with Crippen LogP contribution in [0.5, 0.6) is 0 Å². The van der Waals surface area contributed by atoms with Crippen LogP contribution in [0.3, 0.4) is 0 Å². The Kier molecular flexibility index (Phi) is 4.89. The van der Waals surface area contributed by atoms with Gasteiger partial charge in [-0.25, -0.2) is 0 Å². The maximum absolute atomic E-state index is 12.1. The SMILES string of the molecule is CCCCN1C(=O)CCc2cc(NC(=O)C(C)(C)C)ccc21. The summed E-state index contributed by atoms with van der Waals surface area (Å²) in [4.78, 5) is 26.1. The number of carbonyl (C=O) groups is 2. The molecule has 1 aromatic carbocycles. The third-order valence-electron chi connectivity index (χ3n) is 3.95. The van der Waals surface area contributed by atoms with E-state index in [-0.39, 0.29) is 11.8 Å². The summed E-state index contributed by atoms with van der Waals surface area (Å²) in [7, 11) is 0. The third-order valence-corrected chi connectivity index (χ3v) is 3.95. The van der Waals surface area contributed by atoms with Gasteiger partial charge in [-0.3, -0.25) is 9.59 Å². The number of amides is 2. The molecule has 2 rings (SSSR count). The molecule has 0 fully saturated rings. The van der Waals surface area contributed by atoms with Gasteiger partial charge in [-0.05, 0) is 36.6 Å². The van der Waals surface area contributed by atoms with Crippen LogP contribution in [0.2, 0.25) is 0 Å². The van der Waals surface area contributed by atoms with Crippen molar-refractivity contribution in [2.75, 3.05) is 16.8 Å². The second-order valence-electron chi connectivity index (χ2n) is 6.95. The van der Waals surface area contributed by atoms with Gasteiger partial charge in [-0.1, -0.05) is 34.1 Å². The van der Waals surface area contributed by atoms with Gasteiger partial charge in [0.15, 0.2) is 0 Å². The van der Waals surface area contributed by atoms with Gasteiger partial charge in [0.05, 0.1) is 0 Å². The van der Waals surface area contributed by atoms with E-state index in [1.54, 1.807) is 0 Å². The lowest BCUT2D eigenvalue weighted by Gasteiger charge is -2.30. The normalized spacial score (nSPS) is 14.7. The molecule has 2 amide bonds. The van der Waals surface area contributed by atoms with E-state index in [4.69, 9.17) is 0 Å². The zero-order valence-corrected chi connectivity index (χ0v) is 14.0. The van der Waals surface area contributed by atoms with E-state index in [9.17, 15) is 9.59 Å². The number of benzene rings is 1. The predicted octanol–water partition coefficient (Wildman–Crippen LogP) is 3.75. The van der Waals surface area contributed by atoms with Crippen LogP contribution in [0.25, 0.3) is 0 Å². The van der Waals surface area contributed by atoms with Crippen molar-refractivity contribution in [2.24, 2.45) is 5.41 Å². The van der Waals surface area contributed by atoms with E-state index >= 15 is 0 Å². The van der Waals surface area contributed by atoms with Crippen molar-refractivity contribution >= 4 is 23.2 Å². The highest BCUT2D eigenvalue weighted by Gasteiger charge is 2.25. The van der Waals surface area contributed by atoms with E-state index in [0.717, 1.165) is 42.7 Å². The van der Waals surface area contributed by atoms with Gasteiger partial charge in [0.25, 0.3) is 0 Å². The fourth-order valence-corrected chi connectivity index (χ4v) is 2.52. The molecular formula is C18H26N2O2. The average molecular weight is 302 g/mol. The van der Waals surface area contributed by atoms with Crippen LogP contribution >= 0.6 is 0 Å². The van der Waals surface area contributed by atoms with Gasteiger partial charge in [-0.2, -0.15) is 0 Å². The standard InChI is InChI=1S/C18H26N2O2/c1-5-6-11-20-15-9-8-14(19-17(22)18(2,3)4)12-13(15)7-10-16(20)21/h8-9,12H,5-7,10-11H2,1-4H3,(H,19,22). The van der Waals surface area contributed by atoms with Crippen molar-refractivity contribution in [1.82, 2.24) is 0 Å². The summed E-state index contributed by atoms with van der Waals surface area (Å²) >= 11 is 0. The molecule has 1 aromatic rings. The first kappa shape index (κ1) is 16.5. The molecule has 0 radical (unpaired) electrons. The topological polar surface area (TPSA) is 49.4 Å². The molecule has 1 heterocycles.